The molecule has 0 aliphatic rings. The van der Waals surface area contributed by atoms with Crippen LogP contribution in [0.1, 0.15) is 52.5 Å². The normalized spacial score (nSPS) is 12.2. The van der Waals surface area contributed by atoms with Crippen molar-refractivity contribution in [1.29, 1.82) is 0 Å². The summed E-state index contributed by atoms with van der Waals surface area (Å²) in [5.74, 6) is 0.635. The first kappa shape index (κ1) is 14.6. The topological polar surface area (TPSA) is 46.1 Å². The van der Waals surface area contributed by atoms with Crippen molar-refractivity contribution in [2.24, 2.45) is 0 Å². The zero-order valence-electron chi connectivity index (χ0n) is 11.8. The van der Waals surface area contributed by atoms with Crippen LogP contribution in [0.5, 0.6) is 0 Å². The molecular formula is C14H23N3O. The Morgan fingerprint density at radius 1 is 1.28 bits per heavy atom. The van der Waals surface area contributed by atoms with Gasteiger partial charge in [0.25, 0.3) is 0 Å². The zero-order valence-corrected chi connectivity index (χ0v) is 11.8. The molecule has 1 aromatic rings. The summed E-state index contributed by atoms with van der Waals surface area (Å²) in [5.41, 5.74) is 1.09. The fourth-order valence-corrected chi connectivity index (χ4v) is 1.73. The second-order valence-corrected chi connectivity index (χ2v) is 4.52. The molecule has 0 N–H and O–H groups in total. The number of rotatable bonds is 6. The molecule has 0 aliphatic heterocycles. The maximum atomic E-state index is 12.1. The van der Waals surface area contributed by atoms with Crippen LogP contribution in [-0.2, 0) is 11.2 Å². The van der Waals surface area contributed by atoms with E-state index >= 15 is 0 Å². The lowest BCUT2D eigenvalue weighted by molar-refractivity contribution is -0.119. The Morgan fingerprint density at radius 3 is 2.33 bits per heavy atom. The van der Waals surface area contributed by atoms with E-state index in [4.69, 9.17) is 0 Å². The van der Waals surface area contributed by atoms with Crippen molar-refractivity contribution < 1.29 is 4.79 Å². The van der Waals surface area contributed by atoms with E-state index < -0.39 is 0 Å². The number of hydrogen-bond donors (Lipinski definition) is 0. The van der Waals surface area contributed by atoms with Crippen molar-refractivity contribution >= 4 is 11.9 Å². The van der Waals surface area contributed by atoms with Crippen molar-refractivity contribution in [2.75, 3.05) is 4.90 Å². The van der Waals surface area contributed by atoms with Gasteiger partial charge in [-0.3, -0.25) is 9.69 Å². The molecule has 1 rings (SSSR count). The van der Waals surface area contributed by atoms with Gasteiger partial charge in [0.15, 0.2) is 0 Å². The largest absolute Gasteiger partial charge is 0.278 e. The highest BCUT2D eigenvalue weighted by molar-refractivity contribution is 5.92. The number of nitrogens with zero attached hydrogens (tertiary/aromatic N) is 3. The van der Waals surface area contributed by atoms with Crippen molar-refractivity contribution in [3.05, 3.63) is 18.0 Å². The zero-order chi connectivity index (χ0) is 13.5. The molecule has 1 heterocycles. The standard InChI is InChI=1S/C14H23N3O/c1-5-8-13(18)17(11(4)6-2)14-15-9-12(7-3)10-16-14/h9-11H,5-8H2,1-4H3. The van der Waals surface area contributed by atoms with Gasteiger partial charge in [0, 0.05) is 24.9 Å². The molecule has 1 unspecified atom stereocenters. The van der Waals surface area contributed by atoms with Gasteiger partial charge >= 0.3 is 0 Å². The average molecular weight is 249 g/mol. The average Bonchev–Trinajstić information content (AvgIpc) is 2.40. The number of amides is 1. The van der Waals surface area contributed by atoms with Crippen molar-refractivity contribution in [3.8, 4) is 0 Å². The molecule has 0 spiro atoms. The van der Waals surface area contributed by atoms with E-state index in [-0.39, 0.29) is 11.9 Å². The molecule has 18 heavy (non-hydrogen) atoms. The number of hydrogen-bond acceptors (Lipinski definition) is 3. The van der Waals surface area contributed by atoms with E-state index in [1.54, 1.807) is 17.3 Å². The summed E-state index contributed by atoms with van der Waals surface area (Å²) in [5, 5.41) is 0. The van der Waals surface area contributed by atoms with E-state index in [2.05, 4.69) is 23.8 Å². The van der Waals surface area contributed by atoms with Crippen LogP contribution in [0.15, 0.2) is 12.4 Å². The lowest BCUT2D eigenvalue weighted by Gasteiger charge is -2.26. The van der Waals surface area contributed by atoms with Crippen molar-refractivity contribution in [3.63, 3.8) is 0 Å². The van der Waals surface area contributed by atoms with Crippen molar-refractivity contribution in [1.82, 2.24) is 9.97 Å². The molecule has 0 bridgehead atoms. The van der Waals surface area contributed by atoms with Crippen LogP contribution < -0.4 is 4.90 Å². The van der Waals surface area contributed by atoms with E-state index in [0.717, 1.165) is 24.8 Å². The molecule has 4 nitrogen and oxygen atoms in total. The minimum Gasteiger partial charge on any atom is -0.278 e. The fourth-order valence-electron chi connectivity index (χ4n) is 1.73. The molecule has 0 saturated carbocycles. The number of carbonyl (C=O) groups is 1. The third-order valence-corrected chi connectivity index (χ3v) is 3.08. The number of aryl methyl sites for hydroxylation is 1. The Hall–Kier alpha value is -1.45. The summed E-state index contributed by atoms with van der Waals surface area (Å²) in [7, 11) is 0. The maximum absolute atomic E-state index is 12.1. The lowest BCUT2D eigenvalue weighted by atomic mass is 10.2. The Balaban J connectivity index is 2.97. The van der Waals surface area contributed by atoms with Gasteiger partial charge in [-0.15, -0.1) is 0 Å². The maximum Gasteiger partial charge on any atom is 0.232 e. The smallest absolute Gasteiger partial charge is 0.232 e. The second-order valence-electron chi connectivity index (χ2n) is 4.52. The molecule has 4 heteroatoms. The number of anilines is 1. The van der Waals surface area contributed by atoms with E-state index in [1.807, 2.05) is 13.8 Å². The van der Waals surface area contributed by atoms with Gasteiger partial charge in [0.05, 0.1) is 0 Å². The second kappa shape index (κ2) is 7.09. The van der Waals surface area contributed by atoms with Gasteiger partial charge in [-0.2, -0.15) is 0 Å². The van der Waals surface area contributed by atoms with E-state index in [0.29, 0.717) is 12.4 Å². The quantitative estimate of drug-likeness (QED) is 0.778. The predicted octanol–water partition coefficient (Wildman–Crippen LogP) is 2.97. The molecule has 0 aromatic carbocycles. The summed E-state index contributed by atoms with van der Waals surface area (Å²) < 4.78 is 0. The first-order valence-corrected chi connectivity index (χ1v) is 6.76. The van der Waals surface area contributed by atoms with Crippen molar-refractivity contribution in [2.45, 2.75) is 59.4 Å². The molecule has 1 atom stereocenters. The molecule has 1 aromatic heterocycles. The minimum absolute atomic E-state index is 0.107. The van der Waals surface area contributed by atoms with Gasteiger partial charge in [-0.25, -0.2) is 9.97 Å². The molecule has 0 radical (unpaired) electrons. The van der Waals surface area contributed by atoms with Gasteiger partial charge in [-0.05, 0) is 31.7 Å². The van der Waals surface area contributed by atoms with Gasteiger partial charge < -0.3 is 0 Å². The van der Waals surface area contributed by atoms with Crippen LogP contribution in [0.4, 0.5) is 5.95 Å². The van der Waals surface area contributed by atoms with Gasteiger partial charge in [-0.1, -0.05) is 20.8 Å². The monoisotopic (exact) mass is 249 g/mol. The summed E-state index contributed by atoms with van der Waals surface area (Å²) in [6, 6.07) is 0.136. The Bertz CT molecular complexity index is 375. The first-order chi connectivity index (χ1) is 8.63. The Kier molecular flexibility index (Phi) is 5.75. The van der Waals surface area contributed by atoms with Crippen LogP contribution in [0.25, 0.3) is 0 Å². The van der Waals surface area contributed by atoms with Crippen LogP contribution in [-0.4, -0.2) is 21.9 Å². The number of aromatic nitrogens is 2. The Labute approximate surface area is 109 Å². The molecule has 0 fully saturated rings. The molecule has 0 saturated heterocycles. The van der Waals surface area contributed by atoms with Crippen LogP contribution in [0.3, 0.4) is 0 Å². The highest BCUT2D eigenvalue weighted by Gasteiger charge is 2.22. The minimum atomic E-state index is 0.107. The SMILES string of the molecule is CCCC(=O)N(c1ncc(CC)cn1)C(C)CC. The predicted molar refractivity (Wildman–Crippen MR) is 73.6 cm³/mol. The van der Waals surface area contributed by atoms with Crippen LogP contribution in [0, 0.1) is 0 Å². The summed E-state index contributed by atoms with van der Waals surface area (Å²) >= 11 is 0. The van der Waals surface area contributed by atoms with Crippen LogP contribution >= 0.6 is 0 Å². The van der Waals surface area contributed by atoms with E-state index in [9.17, 15) is 4.79 Å². The summed E-state index contributed by atoms with van der Waals surface area (Å²) in [6.07, 6.45) is 6.80. The van der Waals surface area contributed by atoms with Crippen LogP contribution in [0.2, 0.25) is 0 Å². The molecular weight excluding hydrogens is 226 g/mol. The highest BCUT2D eigenvalue weighted by atomic mass is 16.2. The summed E-state index contributed by atoms with van der Waals surface area (Å²) in [6.45, 7) is 8.17. The molecule has 100 valence electrons. The fraction of sp³-hybridized carbons (Fsp3) is 0.643. The lowest BCUT2D eigenvalue weighted by Crippen LogP contribution is -2.39. The van der Waals surface area contributed by atoms with Gasteiger partial charge in [0.1, 0.15) is 0 Å². The van der Waals surface area contributed by atoms with E-state index in [1.165, 1.54) is 0 Å². The molecule has 1 amide bonds. The summed E-state index contributed by atoms with van der Waals surface area (Å²) in [4.78, 5) is 22.5. The van der Waals surface area contributed by atoms with Gasteiger partial charge in [0.2, 0.25) is 11.9 Å². The third kappa shape index (κ3) is 3.52. The first-order valence-electron chi connectivity index (χ1n) is 6.76. The Morgan fingerprint density at radius 2 is 1.89 bits per heavy atom. The number of carbonyl (C=O) groups excluding carboxylic acids is 1. The molecule has 0 aliphatic carbocycles. The third-order valence-electron chi connectivity index (χ3n) is 3.08. The highest BCUT2D eigenvalue weighted by Crippen LogP contribution is 2.15.